The third-order valence-corrected chi connectivity index (χ3v) is 3.98. The first-order valence-electron chi connectivity index (χ1n) is 7.11. The van der Waals surface area contributed by atoms with Crippen molar-refractivity contribution in [1.82, 2.24) is 14.9 Å². The van der Waals surface area contributed by atoms with E-state index in [0.29, 0.717) is 25.5 Å². The maximum Gasteiger partial charge on any atom is 0.272 e. The molecule has 0 unspecified atom stereocenters. The number of hydrogen-bond acceptors (Lipinski definition) is 5. The molecule has 2 aliphatic rings. The summed E-state index contributed by atoms with van der Waals surface area (Å²) in [4.78, 5) is 22.3. The monoisotopic (exact) mass is 277 g/mol. The fourth-order valence-corrected chi connectivity index (χ4v) is 3.12. The Morgan fingerprint density at radius 1 is 1.55 bits per heavy atom. The minimum atomic E-state index is -0.0390. The fourth-order valence-electron chi connectivity index (χ4n) is 3.12. The number of morpholine rings is 1. The van der Waals surface area contributed by atoms with Gasteiger partial charge < -0.3 is 14.4 Å². The molecule has 3 rings (SSSR count). The Kier molecular flexibility index (Phi) is 3.93. The molecule has 0 bridgehead atoms. The summed E-state index contributed by atoms with van der Waals surface area (Å²) in [5, 5.41) is 0. The molecule has 6 heteroatoms. The van der Waals surface area contributed by atoms with Crippen molar-refractivity contribution in [3.8, 4) is 0 Å². The van der Waals surface area contributed by atoms with Gasteiger partial charge in [-0.1, -0.05) is 0 Å². The molecule has 6 nitrogen and oxygen atoms in total. The Morgan fingerprint density at radius 3 is 3.20 bits per heavy atom. The van der Waals surface area contributed by atoms with E-state index in [1.807, 2.05) is 11.8 Å². The summed E-state index contributed by atoms with van der Waals surface area (Å²) in [7, 11) is 0. The maximum atomic E-state index is 12.5. The molecule has 0 spiro atoms. The zero-order valence-corrected chi connectivity index (χ0v) is 11.6. The third-order valence-electron chi connectivity index (χ3n) is 3.98. The van der Waals surface area contributed by atoms with E-state index in [0.717, 1.165) is 12.8 Å². The van der Waals surface area contributed by atoms with Crippen molar-refractivity contribution in [3.05, 3.63) is 24.3 Å². The van der Waals surface area contributed by atoms with Crippen molar-refractivity contribution < 1.29 is 14.3 Å². The second-order valence-electron chi connectivity index (χ2n) is 5.07. The first-order valence-corrected chi connectivity index (χ1v) is 7.11. The van der Waals surface area contributed by atoms with Gasteiger partial charge in [0.15, 0.2) is 0 Å². The van der Waals surface area contributed by atoms with E-state index in [-0.39, 0.29) is 24.2 Å². The molecule has 0 radical (unpaired) electrons. The molecule has 1 aromatic heterocycles. The van der Waals surface area contributed by atoms with E-state index in [2.05, 4.69) is 9.97 Å². The third kappa shape index (κ3) is 2.41. The fraction of sp³-hybridized carbons (Fsp3) is 0.643. The lowest BCUT2D eigenvalue weighted by molar-refractivity contribution is -0.102. The van der Waals surface area contributed by atoms with Crippen LogP contribution in [0.2, 0.25) is 0 Å². The van der Waals surface area contributed by atoms with E-state index in [1.54, 1.807) is 12.3 Å². The number of ether oxygens (including phenoxy) is 2. The van der Waals surface area contributed by atoms with Gasteiger partial charge in [-0.05, 0) is 25.8 Å². The van der Waals surface area contributed by atoms with Gasteiger partial charge in [-0.25, -0.2) is 9.97 Å². The summed E-state index contributed by atoms with van der Waals surface area (Å²) in [5.74, 6) is -0.0390. The van der Waals surface area contributed by atoms with Gasteiger partial charge in [0.1, 0.15) is 18.1 Å². The van der Waals surface area contributed by atoms with Crippen LogP contribution in [-0.2, 0) is 9.47 Å². The molecule has 0 aromatic carbocycles. The van der Waals surface area contributed by atoms with Gasteiger partial charge in [-0.15, -0.1) is 0 Å². The maximum absolute atomic E-state index is 12.5. The predicted molar refractivity (Wildman–Crippen MR) is 71.2 cm³/mol. The van der Waals surface area contributed by atoms with Crippen LogP contribution in [0.15, 0.2) is 18.6 Å². The Morgan fingerprint density at radius 2 is 2.45 bits per heavy atom. The van der Waals surface area contributed by atoms with Crippen molar-refractivity contribution in [3.63, 3.8) is 0 Å². The van der Waals surface area contributed by atoms with Crippen LogP contribution >= 0.6 is 0 Å². The second-order valence-corrected chi connectivity index (χ2v) is 5.07. The summed E-state index contributed by atoms with van der Waals surface area (Å²) in [5.41, 5.74) is 0.445. The summed E-state index contributed by atoms with van der Waals surface area (Å²) in [6.45, 7) is 3.83. The Bertz CT molecular complexity index is 468. The van der Waals surface area contributed by atoms with Crippen LogP contribution in [0.1, 0.15) is 30.3 Å². The molecule has 1 aliphatic heterocycles. The average molecular weight is 277 g/mol. The highest BCUT2D eigenvalue weighted by molar-refractivity contribution is 5.92. The zero-order valence-electron chi connectivity index (χ0n) is 11.6. The molecule has 20 heavy (non-hydrogen) atoms. The number of amides is 1. The summed E-state index contributed by atoms with van der Waals surface area (Å²) >= 11 is 0. The molecule has 2 fully saturated rings. The van der Waals surface area contributed by atoms with Gasteiger partial charge in [0, 0.05) is 19.3 Å². The van der Waals surface area contributed by atoms with Crippen molar-refractivity contribution >= 4 is 5.91 Å². The number of hydrogen-bond donors (Lipinski definition) is 0. The van der Waals surface area contributed by atoms with Crippen molar-refractivity contribution in [2.45, 2.75) is 38.0 Å². The highest BCUT2D eigenvalue weighted by Crippen LogP contribution is 2.32. The van der Waals surface area contributed by atoms with Crippen molar-refractivity contribution in [2.75, 3.05) is 19.8 Å². The van der Waals surface area contributed by atoms with E-state index in [4.69, 9.17) is 9.47 Å². The van der Waals surface area contributed by atoms with Crippen LogP contribution in [0.5, 0.6) is 0 Å². The van der Waals surface area contributed by atoms with Crippen LogP contribution in [0.4, 0.5) is 0 Å². The number of nitrogens with zero attached hydrogens (tertiary/aromatic N) is 3. The minimum Gasteiger partial charge on any atom is -0.376 e. The largest absolute Gasteiger partial charge is 0.376 e. The molecule has 1 aromatic rings. The number of carbonyl (C=O) groups is 1. The summed E-state index contributed by atoms with van der Waals surface area (Å²) < 4.78 is 11.5. The highest BCUT2D eigenvalue weighted by atomic mass is 16.5. The topological polar surface area (TPSA) is 64.6 Å². The van der Waals surface area contributed by atoms with Crippen LogP contribution in [0, 0.1) is 0 Å². The molecular formula is C14H19N3O3. The average Bonchev–Trinajstić information content (AvgIpc) is 2.91. The van der Waals surface area contributed by atoms with Gasteiger partial charge in [-0.2, -0.15) is 0 Å². The highest BCUT2D eigenvalue weighted by Gasteiger charge is 2.45. The van der Waals surface area contributed by atoms with Crippen LogP contribution in [0.3, 0.4) is 0 Å². The predicted octanol–water partition coefficient (Wildman–Crippen LogP) is 0.885. The number of fused-ring (bicyclic) bond motifs is 1. The Labute approximate surface area is 118 Å². The van der Waals surface area contributed by atoms with Crippen molar-refractivity contribution in [2.24, 2.45) is 0 Å². The van der Waals surface area contributed by atoms with Gasteiger partial charge in [0.25, 0.3) is 5.91 Å². The molecule has 2 heterocycles. The Balaban J connectivity index is 1.76. The van der Waals surface area contributed by atoms with Gasteiger partial charge >= 0.3 is 0 Å². The number of aromatic nitrogens is 2. The molecule has 0 N–H and O–H groups in total. The lowest BCUT2D eigenvalue weighted by Gasteiger charge is -2.38. The normalized spacial score (nSPS) is 29.2. The summed E-state index contributed by atoms with van der Waals surface area (Å²) in [6, 6.07) is 1.75. The van der Waals surface area contributed by atoms with Crippen LogP contribution < -0.4 is 0 Å². The molecule has 1 saturated heterocycles. The van der Waals surface area contributed by atoms with E-state index < -0.39 is 0 Å². The lowest BCUT2D eigenvalue weighted by Crippen LogP contribution is -2.54. The van der Waals surface area contributed by atoms with Crippen molar-refractivity contribution in [1.29, 1.82) is 0 Å². The molecule has 1 amide bonds. The smallest absolute Gasteiger partial charge is 0.272 e. The van der Waals surface area contributed by atoms with Gasteiger partial charge in [0.05, 0.1) is 18.8 Å². The van der Waals surface area contributed by atoms with E-state index in [9.17, 15) is 4.79 Å². The SMILES string of the molecule is CCO[C@@H]1CC[C@@H]2[C@H]1OCCN2C(=O)c1ccncn1. The molecule has 1 saturated carbocycles. The lowest BCUT2D eigenvalue weighted by atomic mass is 10.1. The number of rotatable bonds is 3. The minimum absolute atomic E-state index is 0.00510. The quantitative estimate of drug-likeness (QED) is 0.821. The van der Waals surface area contributed by atoms with E-state index >= 15 is 0 Å². The van der Waals surface area contributed by atoms with Gasteiger partial charge in [-0.3, -0.25) is 4.79 Å². The summed E-state index contributed by atoms with van der Waals surface area (Å²) in [6.07, 6.45) is 4.96. The first kappa shape index (κ1) is 13.5. The number of carbonyl (C=O) groups excluding carboxylic acids is 1. The Hall–Kier alpha value is -1.53. The van der Waals surface area contributed by atoms with Gasteiger partial charge in [0.2, 0.25) is 0 Å². The second kappa shape index (κ2) is 5.85. The molecular weight excluding hydrogens is 258 g/mol. The van der Waals surface area contributed by atoms with E-state index in [1.165, 1.54) is 6.33 Å². The van der Waals surface area contributed by atoms with Crippen LogP contribution in [0.25, 0.3) is 0 Å². The molecule has 108 valence electrons. The zero-order chi connectivity index (χ0) is 13.9. The van der Waals surface area contributed by atoms with Crippen LogP contribution in [-0.4, -0.2) is 58.8 Å². The molecule has 1 aliphatic carbocycles. The molecule has 3 atom stereocenters. The standard InChI is InChI=1S/C14H19N3O3/c1-2-19-12-4-3-11-13(12)20-8-7-17(11)14(18)10-5-6-15-9-16-10/h5-6,9,11-13H,2-4,7-8H2,1H3/t11-,12-,13-/m1/s1. The first-order chi connectivity index (χ1) is 9.81.